The van der Waals surface area contributed by atoms with E-state index in [1.165, 1.54) is 45.6 Å². The summed E-state index contributed by atoms with van der Waals surface area (Å²) in [4.78, 5) is 14.2. The molecule has 1 heterocycles. The molecular weight excluding hydrogens is 557 g/mol. The lowest BCUT2D eigenvalue weighted by Crippen LogP contribution is -2.43. The summed E-state index contributed by atoms with van der Waals surface area (Å²) < 4.78 is 92.5. The monoisotopic (exact) mass is 588 g/mol. The number of carbonyl (C=O) groups is 1. The van der Waals surface area contributed by atoms with Gasteiger partial charge in [-0.15, -0.1) is 0 Å². The number of carbonyl (C=O) groups excluding carboxylic acids is 1. The molecule has 1 fully saturated rings. The van der Waals surface area contributed by atoms with Crippen molar-refractivity contribution in [3.8, 4) is 0 Å². The van der Waals surface area contributed by atoms with Crippen LogP contribution in [-0.2, 0) is 32.8 Å². The number of benzene rings is 2. The van der Waals surface area contributed by atoms with E-state index in [0.717, 1.165) is 17.5 Å². The van der Waals surface area contributed by atoms with Gasteiger partial charge < -0.3 is 5.32 Å². The number of hydrogen-bond donors (Lipinski definition) is 2. The number of urea groups is 1. The Morgan fingerprint density at radius 3 is 2.26 bits per heavy atom. The Morgan fingerprint density at radius 1 is 1.10 bits per heavy atom. The number of anilines is 1. The van der Waals surface area contributed by atoms with E-state index in [-0.39, 0.29) is 30.6 Å². The van der Waals surface area contributed by atoms with Crippen LogP contribution in [0.25, 0.3) is 0 Å². The number of nitrogens with zero attached hydrogens (tertiary/aromatic N) is 2. The Morgan fingerprint density at radius 2 is 1.72 bits per heavy atom. The third-order valence-electron chi connectivity index (χ3n) is 6.10. The van der Waals surface area contributed by atoms with E-state index in [9.17, 15) is 34.8 Å². The third-order valence-corrected chi connectivity index (χ3v) is 9.07. The van der Waals surface area contributed by atoms with Crippen LogP contribution in [0.4, 0.5) is 23.7 Å². The summed E-state index contributed by atoms with van der Waals surface area (Å²) in [5.74, 6) is 0. The molecule has 2 aromatic rings. The molecule has 0 aromatic heterocycles. The van der Waals surface area contributed by atoms with Gasteiger partial charge in [0.05, 0.1) is 17.0 Å². The Labute approximate surface area is 226 Å². The number of alkyl halides is 3. The Kier molecular flexibility index (Phi) is 9.47. The topological polar surface area (TPSA) is 116 Å². The van der Waals surface area contributed by atoms with Crippen molar-refractivity contribution in [1.29, 1.82) is 0 Å². The predicted molar refractivity (Wildman–Crippen MR) is 142 cm³/mol. The number of hydrogen-bond acceptors (Lipinski definition) is 5. The first kappa shape index (κ1) is 30.6. The molecule has 0 aliphatic carbocycles. The van der Waals surface area contributed by atoms with Gasteiger partial charge in [0.2, 0.25) is 20.0 Å². The molecule has 0 spiro atoms. The maximum absolute atomic E-state index is 13.3. The van der Waals surface area contributed by atoms with Crippen molar-refractivity contribution in [2.75, 3.05) is 18.0 Å². The molecular formula is C25H31F3N4O5S2. The Bertz CT molecular complexity index is 1380. The molecule has 0 saturated carbocycles. The van der Waals surface area contributed by atoms with Crippen LogP contribution in [0.2, 0.25) is 0 Å². The number of rotatable bonds is 10. The Hall–Kier alpha value is -2.94. The van der Waals surface area contributed by atoms with Crippen LogP contribution in [0, 0.1) is 0 Å². The molecule has 1 atom stereocenters. The zero-order valence-electron chi connectivity index (χ0n) is 21.5. The predicted octanol–water partition coefficient (Wildman–Crippen LogP) is 4.05. The summed E-state index contributed by atoms with van der Waals surface area (Å²) in [6.45, 7) is 6.81. The highest BCUT2D eigenvalue weighted by molar-refractivity contribution is 7.92. The van der Waals surface area contributed by atoms with E-state index in [1.54, 1.807) is 13.8 Å². The maximum atomic E-state index is 13.3. The number of halogens is 3. The number of amides is 2. The third kappa shape index (κ3) is 7.81. The SMILES string of the molecule is C=CS(=O)(=O)NCC1CCCN1S(=O)(=O)c1ccc(N(Cc2ccc(C(F)(F)F)cc2)C(=O)NC(C)C)cc1. The van der Waals surface area contributed by atoms with Crippen molar-refractivity contribution in [3.63, 3.8) is 0 Å². The molecule has 0 bridgehead atoms. The van der Waals surface area contributed by atoms with Gasteiger partial charge in [0, 0.05) is 36.3 Å². The molecule has 2 amide bonds. The number of sulfonamides is 2. The second-order valence-corrected chi connectivity index (χ2v) is 13.0. The molecule has 1 aliphatic heterocycles. The smallest absolute Gasteiger partial charge is 0.336 e. The van der Waals surface area contributed by atoms with Crippen LogP contribution in [-0.4, -0.2) is 52.3 Å². The summed E-state index contributed by atoms with van der Waals surface area (Å²) >= 11 is 0. The van der Waals surface area contributed by atoms with Crippen molar-refractivity contribution in [2.24, 2.45) is 0 Å². The van der Waals surface area contributed by atoms with E-state index in [2.05, 4.69) is 16.6 Å². The second-order valence-electron chi connectivity index (χ2n) is 9.35. The van der Waals surface area contributed by atoms with E-state index < -0.39 is 43.9 Å². The van der Waals surface area contributed by atoms with Crippen LogP contribution in [0.15, 0.2) is 65.4 Å². The molecule has 2 N–H and O–H groups in total. The first-order valence-corrected chi connectivity index (χ1v) is 15.1. The molecule has 39 heavy (non-hydrogen) atoms. The van der Waals surface area contributed by atoms with Gasteiger partial charge in [0.25, 0.3) is 0 Å². The zero-order chi connectivity index (χ0) is 29.0. The highest BCUT2D eigenvalue weighted by atomic mass is 32.2. The fourth-order valence-corrected chi connectivity index (χ4v) is 6.36. The van der Waals surface area contributed by atoms with Crippen molar-refractivity contribution in [2.45, 2.75) is 56.4 Å². The van der Waals surface area contributed by atoms with E-state index in [4.69, 9.17) is 0 Å². The van der Waals surface area contributed by atoms with Crippen LogP contribution in [0.3, 0.4) is 0 Å². The van der Waals surface area contributed by atoms with Crippen molar-refractivity contribution in [3.05, 3.63) is 71.6 Å². The first-order chi connectivity index (χ1) is 18.1. The van der Waals surface area contributed by atoms with Crippen LogP contribution in [0.5, 0.6) is 0 Å². The minimum atomic E-state index is -4.49. The minimum Gasteiger partial charge on any atom is -0.336 e. The fourth-order valence-electron chi connectivity index (χ4n) is 4.12. The van der Waals surface area contributed by atoms with Gasteiger partial charge in [0.1, 0.15) is 0 Å². The summed E-state index contributed by atoms with van der Waals surface area (Å²) in [5.41, 5.74) is -0.0271. The van der Waals surface area contributed by atoms with Crippen LogP contribution >= 0.6 is 0 Å². The molecule has 214 valence electrons. The molecule has 1 saturated heterocycles. The average molecular weight is 589 g/mol. The van der Waals surface area contributed by atoms with Crippen LogP contribution < -0.4 is 14.9 Å². The Balaban J connectivity index is 1.84. The van der Waals surface area contributed by atoms with Crippen molar-refractivity contribution in [1.82, 2.24) is 14.3 Å². The van der Waals surface area contributed by atoms with Gasteiger partial charge in [-0.1, -0.05) is 18.7 Å². The summed E-state index contributed by atoms with van der Waals surface area (Å²) in [7, 11) is -7.69. The summed E-state index contributed by atoms with van der Waals surface area (Å²) in [5, 5.41) is 3.50. The molecule has 9 nitrogen and oxygen atoms in total. The average Bonchev–Trinajstić information content (AvgIpc) is 3.35. The van der Waals surface area contributed by atoms with Gasteiger partial charge >= 0.3 is 12.2 Å². The van der Waals surface area contributed by atoms with Gasteiger partial charge in [-0.2, -0.15) is 17.5 Å². The maximum Gasteiger partial charge on any atom is 0.416 e. The van der Waals surface area contributed by atoms with Gasteiger partial charge in [0.15, 0.2) is 0 Å². The van der Waals surface area contributed by atoms with E-state index in [0.29, 0.717) is 24.1 Å². The molecule has 1 unspecified atom stereocenters. The molecule has 0 radical (unpaired) electrons. The van der Waals surface area contributed by atoms with E-state index in [1.807, 2.05) is 0 Å². The van der Waals surface area contributed by atoms with Crippen molar-refractivity contribution >= 4 is 31.8 Å². The molecule has 2 aromatic carbocycles. The summed E-state index contributed by atoms with van der Waals surface area (Å²) in [6.07, 6.45) is -3.44. The largest absolute Gasteiger partial charge is 0.416 e. The standard InChI is InChI=1S/C25H31F3N4O5S2/c1-4-38(34,35)29-16-22-6-5-15-32(22)39(36,37)23-13-11-21(12-14-23)31(24(33)30-18(2)3)17-19-7-9-20(10-8-19)25(26,27)28/h4,7-14,18,22,29H,1,5-6,15-17H2,2-3H3,(H,30,33). The fraction of sp³-hybridized carbons (Fsp3) is 0.400. The molecule has 1 aliphatic rings. The first-order valence-electron chi connectivity index (χ1n) is 12.1. The van der Waals surface area contributed by atoms with Gasteiger partial charge in [-0.05, 0) is 68.7 Å². The lowest BCUT2D eigenvalue weighted by molar-refractivity contribution is -0.137. The highest BCUT2D eigenvalue weighted by Crippen LogP contribution is 2.30. The van der Waals surface area contributed by atoms with Crippen LogP contribution in [0.1, 0.15) is 37.8 Å². The minimum absolute atomic E-state index is 0.0384. The number of nitrogens with one attached hydrogen (secondary N) is 2. The second kappa shape index (κ2) is 12.1. The normalized spacial score (nSPS) is 16.8. The quantitative estimate of drug-likeness (QED) is 0.435. The van der Waals surface area contributed by atoms with Gasteiger partial charge in [-0.25, -0.2) is 26.4 Å². The summed E-state index contributed by atoms with van der Waals surface area (Å²) in [6, 6.07) is 8.72. The molecule has 14 heteroatoms. The van der Waals surface area contributed by atoms with Gasteiger partial charge in [-0.3, -0.25) is 4.90 Å². The molecule has 3 rings (SSSR count). The lowest BCUT2D eigenvalue weighted by Gasteiger charge is -2.26. The highest BCUT2D eigenvalue weighted by Gasteiger charge is 2.36. The van der Waals surface area contributed by atoms with E-state index >= 15 is 0 Å². The zero-order valence-corrected chi connectivity index (χ0v) is 23.1. The van der Waals surface area contributed by atoms with Crippen molar-refractivity contribution < 1.29 is 34.8 Å². The lowest BCUT2D eigenvalue weighted by atomic mass is 10.1.